The Hall–Kier alpha value is -0.170. The van der Waals surface area contributed by atoms with E-state index in [2.05, 4.69) is 0 Å². The zero-order valence-corrected chi connectivity index (χ0v) is 8.08. The van der Waals surface area contributed by atoms with Gasteiger partial charge in [0.15, 0.2) is 9.84 Å². The quantitative estimate of drug-likeness (QED) is 0.616. The van der Waals surface area contributed by atoms with Gasteiger partial charge in [0.25, 0.3) is 0 Å². The van der Waals surface area contributed by atoms with Crippen LogP contribution in [-0.2, 0) is 20.1 Å². The fraction of sp³-hybridized carbons (Fsp3) is 1.00. The van der Waals surface area contributed by atoms with Crippen LogP contribution in [0.15, 0.2) is 0 Å². The van der Waals surface area contributed by atoms with E-state index in [1.807, 2.05) is 0 Å². The molecule has 0 radical (unpaired) electrons. The predicted molar refractivity (Wildman–Crippen MR) is 41.7 cm³/mol. The highest BCUT2D eigenvalue weighted by molar-refractivity contribution is 7.94. The Morgan fingerprint density at radius 2 is 1.67 bits per heavy atom. The Labute approximate surface area is 70.9 Å². The minimum atomic E-state index is -4.68. The molecule has 12 heavy (non-hydrogen) atoms. The molecule has 1 saturated carbocycles. The van der Waals surface area contributed by atoms with Crippen molar-refractivity contribution in [1.82, 2.24) is 0 Å². The molecule has 0 aromatic carbocycles. The van der Waals surface area contributed by atoms with Crippen molar-refractivity contribution in [3.05, 3.63) is 0 Å². The molecule has 4 nitrogen and oxygen atoms in total. The monoisotopic (exact) mass is 216 g/mol. The van der Waals surface area contributed by atoms with Gasteiger partial charge in [-0.25, -0.2) is 8.42 Å². The van der Waals surface area contributed by atoms with E-state index in [1.165, 1.54) is 0 Å². The Kier molecular flexibility index (Phi) is 1.99. The Morgan fingerprint density at radius 3 is 1.75 bits per heavy atom. The average Bonchev–Trinajstić information content (AvgIpc) is 2.39. The summed E-state index contributed by atoms with van der Waals surface area (Å²) in [5.74, 6) is -0.890. The van der Waals surface area contributed by atoms with Gasteiger partial charge in [0.2, 0.25) is 0 Å². The molecule has 1 fully saturated rings. The largest absolute Gasteiger partial charge is 0.303 e. The van der Waals surface area contributed by atoms with Gasteiger partial charge in [-0.3, -0.25) is 0 Å². The van der Waals surface area contributed by atoms with Gasteiger partial charge < -0.3 is 0 Å². The predicted octanol–water partition coefficient (Wildman–Crippen LogP) is -0.137. The van der Waals surface area contributed by atoms with E-state index < -0.39 is 30.6 Å². The van der Waals surface area contributed by atoms with E-state index >= 15 is 0 Å². The molecule has 1 aliphatic carbocycles. The van der Waals surface area contributed by atoms with Gasteiger partial charge in [-0.05, 0) is 12.8 Å². The third-order valence-electron chi connectivity index (χ3n) is 2.03. The van der Waals surface area contributed by atoms with Gasteiger partial charge in [-0.15, -0.1) is 3.89 Å². The standard InChI is InChI=1S/C5H9FO4S2/c1-11(7,8)5(2-3-5)4-12(6,9)10/h2-4H2,1H3. The highest BCUT2D eigenvalue weighted by Gasteiger charge is 2.55. The van der Waals surface area contributed by atoms with Crippen LogP contribution in [0.1, 0.15) is 12.8 Å². The Balaban J connectivity index is 2.92. The number of sulfone groups is 1. The van der Waals surface area contributed by atoms with Gasteiger partial charge in [0, 0.05) is 6.26 Å². The fourth-order valence-electron chi connectivity index (χ4n) is 1.08. The van der Waals surface area contributed by atoms with Crippen LogP contribution in [0.2, 0.25) is 0 Å². The number of rotatable bonds is 3. The highest BCUT2D eigenvalue weighted by atomic mass is 32.3. The number of hydrogen-bond acceptors (Lipinski definition) is 4. The molecule has 72 valence electrons. The van der Waals surface area contributed by atoms with Crippen LogP contribution in [-0.4, -0.2) is 33.6 Å². The van der Waals surface area contributed by atoms with Crippen molar-refractivity contribution in [3.8, 4) is 0 Å². The van der Waals surface area contributed by atoms with Crippen LogP contribution in [0, 0.1) is 0 Å². The normalized spacial score (nSPS) is 22.2. The second-order valence-electron chi connectivity index (χ2n) is 3.14. The lowest BCUT2D eigenvalue weighted by atomic mass is 10.5. The van der Waals surface area contributed by atoms with Crippen molar-refractivity contribution in [2.24, 2.45) is 0 Å². The molecule has 0 heterocycles. The lowest BCUT2D eigenvalue weighted by molar-refractivity contribution is 0.543. The van der Waals surface area contributed by atoms with Gasteiger partial charge in [-0.2, -0.15) is 8.42 Å². The maximum absolute atomic E-state index is 12.2. The van der Waals surface area contributed by atoms with E-state index in [0.29, 0.717) is 0 Å². The maximum atomic E-state index is 12.2. The fourth-order valence-corrected chi connectivity index (χ4v) is 4.12. The van der Waals surface area contributed by atoms with Crippen molar-refractivity contribution >= 4 is 20.1 Å². The summed E-state index contributed by atoms with van der Waals surface area (Å²) in [6, 6.07) is 0. The SMILES string of the molecule is CS(=O)(=O)C1(CS(=O)(=O)F)CC1. The molecule has 0 unspecified atom stereocenters. The lowest BCUT2D eigenvalue weighted by Crippen LogP contribution is -2.29. The van der Waals surface area contributed by atoms with E-state index in [0.717, 1.165) is 6.26 Å². The minimum absolute atomic E-state index is 0.245. The summed E-state index contributed by atoms with van der Waals surface area (Å²) in [5.41, 5.74) is 0. The second kappa shape index (κ2) is 2.41. The van der Waals surface area contributed by atoms with Crippen molar-refractivity contribution in [2.75, 3.05) is 12.0 Å². The van der Waals surface area contributed by atoms with Crippen molar-refractivity contribution in [1.29, 1.82) is 0 Å². The smallest absolute Gasteiger partial charge is 0.229 e. The molecule has 0 bridgehead atoms. The molecule has 0 aromatic rings. The van der Waals surface area contributed by atoms with E-state index in [9.17, 15) is 20.7 Å². The van der Waals surface area contributed by atoms with Gasteiger partial charge >= 0.3 is 10.2 Å². The first kappa shape index (κ1) is 9.91. The molecular formula is C5H9FO4S2. The molecule has 0 atom stereocenters. The van der Waals surface area contributed by atoms with Gasteiger partial charge in [-0.1, -0.05) is 0 Å². The zero-order chi connectivity index (χ0) is 9.62. The summed E-state index contributed by atoms with van der Waals surface area (Å²) in [4.78, 5) is 0. The average molecular weight is 216 g/mol. The Bertz CT molecular complexity index is 376. The number of halogens is 1. The molecule has 0 aliphatic heterocycles. The summed E-state index contributed by atoms with van der Waals surface area (Å²) in [6.07, 6.45) is 1.43. The summed E-state index contributed by atoms with van der Waals surface area (Å²) in [5, 5.41) is 0. The van der Waals surface area contributed by atoms with Crippen LogP contribution in [0.4, 0.5) is 3.89 Å². The van der Waals surface area contributed by atoms with Gasteiger partial charge in [0.05, 0.1) is 10.5 Å². The first-order valence-electron chi connectivity index (χ1n) is 3.28. The van der Waals surface area contributed by atoms with E-state index in [-0.39, 0.29) is 12.8 Å². The first-order valence-corrected chi connectivity index (χ1v) is 6.73. The third kappa shape index (κ3) is 1.95. The topological polar surface area (TPSA) is 68.3 Å². The molecule has 0 aromatic heterocycles. The van der Waals surface area contributed by atoms with Crippen molar-refractivity contribution in [3.63, 3.8) is 0 Å². The van der Waals surface area contributed by atoms with Crippen LogP contribution < -0.4 is 0 Å². The van der Waals surface area contributed by atoms with Crippen molar-refractivity contribution < 1.29 is 20.7 Å². The summed E-state index contributed by atoms with van der Waals surface area (Å²) >= 11 is 0. The third-order valence-corrected chi connectivity index (χ3v) is 5.24. The van der Waals surface area contributed by atoms with Crippen LogP contribution in [0.5, 0.6) is 0 Å². The van der Waals surface area contributed by atoms with Gasteiger partial charge in [0.1, 0.15) is 0 Å². The highest BCUT2D eigenvalue weighted by Crippen LogP contribution is 2.44. The minimum Gasteiger partial charge on any atom is -0.229 e. The van der Waals surface area contributed by atoms with Crippen molar-refractivity contribution in [2.45, 2.75) is 17.6 Å². The molecule has 1 rings (SSSR count). The summed E-state index contributed by atoms with van der Waals surface area (Å²) in [7, 11) is -8.13. The molecule has 0 N–H and O–H groups in total. The van der Waals surface area contributed by atoms with E-state index in [4.69, 9.17) is 0 Å². The molecular weight excluding hydrogens is 207 g/mol. The molecule has 0 amide bonds. The second-order valence-corrected chi connectivity index (χ2v) is 6.92. The first-order chi connectivity index (χ1) is 5.16. The molecule has 0 saturated heterocycles. The summed E-state index contributed by atoms with van der Waals surface area (Å²) < 4.78 is 53.2. The molecule has 1 aliphatic rings. The lowest BCUT2D eigenvalue weighted by Gasteiger charge is -2.08. The van der Waals surface area contributed by atoms with Crippen LogP contribution >= 0.6 is 0 Å². The van der Waals surface area contributed by atoms with E-state index in [1.54, 1.807) is 0 Å². The number of hydrogen-bond donors (Lipinski definition) is 0. The van der Waals surface area contributed by atoms with Crippen LogP contribution in [0.3, 0.4) is 0 Å². The Morgan fingerprint density at radius 1 is 1.25 bits per heavy atom. The summed E-state index contributed by atoms with van der Waals surface area (Å²) in [6.45, 7) is 0. The maximum Gasteiger partial charge on any atom is 0.303 e. The molecule has 0 spiro atoms. The van der Waals surface area contributed by atoms with Crippen LogP contribution in [0.25, 0.3) is 0 Å². The molecule has 7 heteroatoms. The zero-order valence-electron chi connectivity index (χ0n) is 6.45.